The average molecular weight is 331 g/mol. The van der Waals surface area contributed by atoms with Crippen LogP contribution in [0.3, 0.4) is 0 Å². The second-order valence-electron chi connectivity index (χ2n) is 7.00. The number of anilines is 1. The molecule has 3 unspecified atom stereocenters. The van der Waals surface area contributed by atoms with Gasteiger partial charge in [0.05, 0.1) is 11.5 Å². The van der Waals surface area contributed by atoms with Crippen LogP contribution in [-0.4, -0.2) is 41.5 Å². The maximum Gasteiger partial charge on any atom is 0.159 e. The molecule has 1 aliphatic carbocycles. The Hall–Kier alpha value is -2.14. The fourth-order valence-electron chi connectivity index (χ4n) is 3.68. The fourth-order valence-corrected chi connectivity index (χ4v) is 3.68. The van der Waals surface area contributed by atoms with Crippen molar-refractivity contribution in [3.8, 4) is 0 Å². The molecule has 1 aromatic carbocycles. The monoisotopic (exact) mass is 331 g/mol. The molecule has 0 saturated carbocycles. The molecule has 3 atom stereocenters. The number of hydrogen-bond acceptors (Lipinski definition) is 5. The van der Waals surface area contributed by atoms with Gasteiger partial charge in [-0.15, -0.1) is 0 Å². The number of Topliss-reactive ketones (excluding diaryl/α,β-unsaturated/α-hetero) is 2. The molecule has 1 aromatic rings. The Bertz CT molecular complexity index is 686. The molecule has 1 aliphatic rings. The third-order valence-corrected chi connectivity index (χ3v) is 4.74. The molecule has 0 bridgehead atoms. The van der Waals surface area contributed by atoms with Gasteiger partial charge in [0.15, 0.2) is 5.78 Å². The van der Waals surface area contributed by atoms with Crippen molar-refractivity contribution in [2.75, 3.05) is 19.0 Å². The molecule has 5 heteroatoms. The molecule has 0 aliphatic heterocycles. The summed E-state index contributed by atoms with van der Waals surface area (Å²) < 4.78 is 0. The molecule has 0 heterocycles. The van der Waals surface area contributed by atoms with E-state index in [-0.39, 0.29) is 29.3 Å². The molecule has 0 amide bonds. The van der Waals surface area contributed by atoms with Gasteiger partial charge >= 0.3 is 0 Å². The summed E-state index contributed by atoms with van der Waals surface area (Å²) in [6.45, 7) is 4.33. The second kappa shape index (κ2) is 6.40. The molecule has 0 saturated heterocycles. The van der Waals surface area contributed by atoms with E-state index in [9.17, 15) is 19.8 Å². The Labute approximate surface area is 142 Å². The van der Waals surface area contributed by atoms with Crippen molar-refractivity contribution in [1.29, 1.82) is 0 Å². The van der Waals surface area contributed by atoms with Gasteiger partial charge in [0.25, 0.3) is 0 Å². The van der Waals surface area contributed by atoms with Crippen molar-refractivity contribution in [2.24, 2.45) is 5.92 Å². The minimum Gasteiger partial charge on any atom is -0.512 e. The summed E-state index contributed by atoms with van der Waals surface area (Å²) in [6.07, 6.45) is -0.0988. The maximum absolute atomic E-state index is 12.3. The molecular weight excluding hydrogens is 306 g/mol. The van der Waals surface area contributed by atoms with E-state index in [0.29, 0.717) is 0 Å². The molecule has 0 fully saturated rings. The van der Waals surface area contributed by atoms with Crippen LogP contribution in [0.15, 0.2) is 35.6 Å². The Kier molecular flexibility index (Phi) is 4.85. The number of nitrogens with zero attached hydrogens (tertiary/aromatic N) is 1. The van der Waals surface area contributed by atoms with E-state index in [2.05, 4.69) is 0 Å². The highest BCUT2D eigenvalue weighted by molar-refractivity contribution is 5.97. The summed E-state index contributed by atoms with van der Waals surface area (Å²) in [5, 5.41) is 21.0. The molecule has 0 radical (unpaired) electrons. The number of aliphatic hydroxyl groups excluding tert-OH is 1. The van der Waals surface area contributed by atoms with Crippen LogP contribution >= 0.6 is 0 Å². The van der Waals surface area contributed by atoms with Crippen LogP contribution < -0.4 is 4.90 Å². The zero-order valence-corrected chi connectivity index (χ0v) is 14.8. The lowest BCUT2D eigenvalue weighted by molar-refractivity contribution is -0.132. The molecule has 2 rings (SSSR count). The summed E-state index contributed by atoms with van der Waals surface area (Å²) in [6, 6.07) is 7.47. The van der Waals surface area contributed by atoms with Gasteiger partial charge in [0.2, 0.25) is 0 Å². The second-order valence-corrected chi connectivity index (χ2v) is 7.00. The van der Waals surface area contributed by atoms with Gasteiger partial charge < -0.3 is 15.1 Å². The van der Waals surface area contributed by atoms with Crippen LogP contribution in [0.5, 0.6) is 0 Å². The highest BCUT2D eigenvalue weighted by Crippen LogP contribution is 2.47. The van der Waals surface area contributed by atoms with E-state index < -0.39 is 17.4 Å². The van der Waals surface area contributed by atoms with Gasteiger partial charge in [-0.05, 0) is 38.5 Å². The predicted octanol–water partition coefficient (Wildman–Crippen LogP) is 2.60. The number of aliphatic hydroxyl groups is 2. The van der Waals surface area contributed by atoms with Gasteiger partial charge in [-0.25, -0.2) is 0 Å². The van der Waals surface area contributed by atoms with Crippen LogP contribution in [0.4, 0.5) is 5.69 Å². The first kappa shape index (κ1) is 18.2. The molecule has 5 nitrogen and oxygen atoms in total. The topological polar surface area (TPSA) is 77.8 Å². The van der Waals surface area contributed by atoms with Gasteiger partial charge in [-0.1, -0.05) is 12.1 Å². The van der Waals surface area contributed by atoms with Gasteiger partial charge in [-0.3, -0.25) is 9.59 Å². The number of ketones is 2. The number of hydrogen-bond donors (Lipinski definition) is 2. The number of benzene rings is 1. The zero-order chi connectivity index (χ0) is 18.2. The third kappa shape index (κ3) is 3.22. The number of rotatable bonds is 4. The Morgan fingerprint density at radius 2 is 1.71 bits per heavy atom. The maximum atomic E-state index is 12.3. The van der Waals surface area contributed by atoms with Crippen molar-refractivity contribution in [2.45, 2.75) is 38.7 Å². The number of carbonyl (C=O) groups excluding carboxylic acids is 2. The SMILES string of the molecule is CC(=O)C1=C(O)CC(C)(O)C(C(C)=O)C1c1ccc(N(C)C)cc1. The van der Waals surface area contributed by atoms with Crippen molar-refractivity contribution < 1.29 is 19.8 Å². The van der Waals surface area contributed by atoms with Crippen molar-refractivity contribution in [3.63, 3.8) is 0 Å². The first-order chi connectivity index (χ1) is 11.1. The summed E-state index contributed by atoms with van der Waals surface area (Å²) in [4.78, 5) is 26.3. The average Bonchev–Trinajstić information content (AvgIpc) is 2.44. The first-order valence-electron chi connectivity index (χ1n) is 7.99. The summed E-state index contributed by atoms with van der Waals surface area (Å²) in [5.41, 5.74) is 0.537. The molecular formula is C19H25NO4. The standard InChI is InChI=1S/C19H25NO4/c1-11(21)16-15(23)10-19(3,24)18(12(2)22)17(16)13-6-8-14(9-7-13)20(4)5/h6-9,17-18,23-24H,10H2,1-5H3. The lowest BCUT2D eigenvalue weighted by Gasteiger charge is -2.42. The van der Waals surface area contributed by atoms with E-state index in [0.717, 1.165) is 11.3 Å². The van der Waals surface area contributed by atoms with Gasteiger partial charge in [-0.2, -0.15) is 0 Å². The highest BCUT2D eigenvalue weighted by Gasteiger charge is 2.49. The Morgan fingerprint density at radius 3 is 2.12 bits per heavy atom. The summed E-state index contributed by atoms with van der Waals surface area (Å²) in [5.74, 6) is -2.05. The third-order valence-electron chi connectivity index (χ3n) is 4.74. The van der Waals surface area contributed by atoms with Gasteiger partial charge in [0.1, 0.15) is 11.5 Å². The fraction of sp³-hybridized carbons (Fsp3) is 0.474. The first-order valence-corrected chi connectivity index (χ1v) is 7.99. The Balaban J connectivity index is 2.64. The Morgan fingerprint density at radius 1 is 1.17 bits per heavy atom. The van der Waals surface area contributed by atoms with Crippen LogP contribution in [0.25, 0.3) is 0 Å². The van der Waals surface area contributed by atoms with E-state index in [1.807, 2.05) is 43.3 Å². The lowest BCUT2D eigenvalue weighted by atomic mass is 9.64. The number of allylic oxidation sites excluding steroid dienone is 1. The van der Waals surface area contributed by atoms with Crippen LogP contribution in [-0.2, 0) is 9.59 Å². The van der Waals surface area contributed by atoms with Crippen LogP contribution in [0.1, 0.15) is 38.7 Å². The zero-order valence-electron chi connectivity index (χ0n) is 14.8. The van der Waals surface area contributed by atoms with Crippen LogP contribution in [0.2, 0.25) is 0 Å². The normalized spacial score (nSPS) is 27.1. The van der Waals surface area contributed by atoms with Crippen LogP contribution in [0, 0.1) is 5.92 Å². The lowest BCUT2D eigenvalue weighted by Crippen LogP contribution is -2.47. The van der Waals surface area contributed by atoms with Gasteiger partial charge in [0, 0.05) is 37.7 Å². The molecule has 0 aromatic heterocycles. The minimum absolute atomic E-state index is 0.0988. The predicted molar refractivity (Wildman–Crippen MR) is 93.3 cm³/mol. The summed E-state index contributed by atoms with van der Waals surface area (Å²) in [7, 11) is 3.84. The van der Waals surface area contributed by atoms with E-state index >= 15 is 0 Å². The molecule has 130 valence electrons. The molecule has 0 spiro atoms. The quantitative estimate of drug-likeness (QED) is 0.887. The summed E-state index contributed by atoms with van der Waals surface area (Å²) >= 11 is 0. The smallest absolute Gasteiger partial charge is 0.159 e. The molecule has 2 N–H and O–H groups in total. The van der Waals surface area contributed by atoms with Crippen molar-refractivity contribution in [1.82, 2.24) is 0 Å². The van der Waals surface area contributed by atoms with Crippen molar-refractivity contribution >= 4 is 17.3 Å². The minimum atomic E-state index is -1.40. The highest BCUT2D eigenvalue weighted by atomic mass is 16.3. The molecule has 24 heavy (non-hydrogen) atoms. The number of carbonyl (C=O) groups is 2. The van der Waals surface area contributed by atoms with Crippen molar-refractivity contribution in [3.05, 3.63) is 41.2 Å². The van der Waals surface area contributed by atoms with E-state index in [1.54, 1.807) is 0 Å². The largest absolute Gasteiger partial charge is 0.512 e. The van der Waals surface area contributed by atoms with E-state index in [1.165, 1.54) is 20.8 Å². The van der Waals surface area contributed by atoms with E-state index in [4.69, 9.17) is 0 Å².